The number of halogens is 1. The van der Waals surface area contributed by atoms with Gasteiger partial charge in [-0.2, -0.15) is 0 Å². The fourth-order valence-electron chi connectivity index (χ4n) is 1.31. The molecule has 0 heterocycles. The molecule has 4 N–H and O–H groups in total. The van der Waals surface area contributed by atoms with Crippen LogP contribution < -0.4 is 11.5 Å². The summed E-state index contributed by atoms with van der Waals surface area (Å²) in [7, 11) is 0. The number of ether oxygens (including phenoxy) is 1. The van der Waals surface area contributed by atoms with E-state index < -0.39 is 0 Å². The average molecular weight is 349 g/mol. The Bertz CT molecular complexity index is 313. The topological polar surface area (TPSA) is 73.6 Å². The summed E-state index contributed by atoms with van der Waals surface area (Å²) in [5.41, 5.74) is 11.7. The van der Waals surface area contributed by atoms with E-state index >= 15 is 0 Å². The minimum Gasteiger partial charge on any atom is -0.381 e. The van der Waals surface area contributed by atoms with E-state index in [1.807, 2.05) is 18.2 Å². The van der Waals surface area contributed by atoms with Crippen molar-refractivity contribution >= 4 is 29.9 Å². The van der Waals surface area contributed by atoms with Crippen LogP contribution in [-0.4, -0.2) is 25.7 Å². The van der Waals surface area contributed by atoms with Crippen molar-refractivity contribution in [2.45, 2.75) is 12.8 Å². The Morgan fingerprint density at radius 3 is 2.47 bits per heavy atom. The SMILES string of the molecule is I.NC(N)=NCCCOCCc1ccccc1. The largest absolute Gasteiger partial charge is 0.381 e. The molecule has 1 rings (SSSR count). The summed E-state index contributed by atoms with van der Waals surface area (Å²) in [4.78, 5) is 3.87. The molecule has 0 aliphatic carbocycles. The summed E-state index contributed by atoms with van der Waals surface area (Å²) < 4.78 is 5.47. The summed E-state index contributed by atoms with van der Waals surface area (Å²) in [5, 5.41) is 0. The lowest BCUT2D eigenvalue weighted by atomic mass is 10.2. The van der Waals surface area contributed by atoms with Crippen LogP contribution in [0.15, 0.2) is 35.3 Å². The molecule has 1 aromatic rings. The second-order valence-electron chi connectivity index (χ2n) is 3.51. The van der Waals surface area contributed by atoms with E-state index in [0.717, 1.165) is 19.4 Å². The zero-order valence-electron chi connectivity index (χ0n) is 9.84. The third-order valence-corrected chi connectivity index (χ3v) is 2.12. The number of guanidine groups is 1. The molecule has 0 radical (unpaired) electrons. The molecule has 5 heteroatoms. The van der Waals surface area contributed by atoms with Crippen LogP contribution in [0.25, 0.3) is 0 Å². The molecular weight excluding hydrogens is 329 g/mol. The van der Waals surface area contributed by atoms with E-state index in [2.05, 4.69) is 17.1 Å². The number of aliphatic imine (C=N–C) groups is 1. The molecule has 96 valence electrons. The molecular formula is C12H20IN3O. The first-order chi connectivity index (χ1) is 7.79. The van der Waals surface area contributed by atoms with E-state index in [1.165, 1.54) is 5.56 Å². The molecule has 0 bridgehead atoms. The van der Waals surface area contributed by atoms with Gasteiger partial charge in [-0.25, -0.2) is 0 Å². The van der Waals surface area contributed by atoms with Crippen molar-refractivity contribution in [3.05, 3.63) is 35.9 Å². The predicted octanol–water partition coefficient (Wildman–Crippen LogP) is 1.53. The normalized spacial score (nSPS) is 9.41. The third kappa shape index (κ3) is 8.93. The zero-order chi connectivity index (χ0) is 11.6. The van der Waals surface area contributed by atoms with Crippen molar-refractivity contribution in [2.75, 3.05) is 19.8 Å². The molecule has 0 atom stereocenters. The Labute approximate surface area is 119 Å². The number of benzene rings is 1. The van der Waals surface area contributed by atoms with Gasteiger partial charge in [-0.1, -0.05) is 30.3 Å². The molecule has 0 aliphatic heterocycles. The third-order valence-electron chi connectivity index (χ3n) is 2.12. The van der Waals surface area contributed by atoms with Gasteiger partial charge in [0.05, 0.1) is 6.61 Å². The van der Waals surface area contributed by atoms with Crippen molar-refractivity contribution < 1.29 is 4.74 Å². The summed E-state index contributed by atoms with van der Waals surface area (Å²) >= 11 is 0. The highest BCUT2D eigenvalue weighted by Gasteiger charge is 1.92. The van der Waals surface area contributed by atoms with Gasteiger partial charge in [0, 0.05) is 13.2 Å². The fraction of sp³-hybridized carbons (Fsp3) is 0.417. The molecule has 0 aromatic heterocycles. The second kappa shape index (κ2) is 10.3. The second-order valence-corrected chi connectivity index (χ2v) is 3.51. The Hall–Kier alpha value is -0.820. The summed E-state index contributed by atoms with van der Waals surface area (Å²) in [6.45, 7) is 2.07. The standard InChI is InChI=1S/C12H19N3O.HI/c13-12(14)15-8-4-9-16-10-7-11-5-2-1-3-6-11;/h1-3,5-6H,4,7-10H2,(H4,13,14,15);1H. The Morgan fingerprint density at radius 1 is 1.12 bits per heavy atom. The van der Waals surface area contributed by atoms with E-state index in [4.69, 9.17) is 16.2 Å². The van der Waals surface area contributed by atoms with Crippen LogP contribution in [-0.2, 0) is 11.2 Å². The van der Waals surface area contributed by atoms with Crippen molar-refractivity contribution in [1.82, 2.24) is 0 Å². The van der Waals surface area contributed by atoms with Gasteiger partial charge in [-0.15, -0.1) is 24.0 Å². The van der Waals surface area contributed by atoms with Gasteiger partial charge in [0.25, 0.3) is 0 Å². The molecule has 4 nitrogen and oxygen atoms in total. The Kier molecular flexibility index (Phi) is 9.84. The van der Waals surface area contributed by atoms with E-state index in [0.29, 0.717) is 13.2 Å². The first-order valence-corrected chi connectivity index (χ1v) is 5.46. The Balaban J connectivity index is 0.00000256. The molecule has 0 amide bonds. The smallest absolute Gasteiger partial charge is 0.185 e. The molecule has 1 aromatic carbocycles. The predicted molar refractivity (Wildman–Crippen MR) is 81.7 cm³/mol. The first-order valence-electron chi connectivity index (χ1n) is 5.46. The number of rotatable bonds is 7. The highest BCUT2D eigenvalue weighted by atomic mass is 127. The van der Waals surface area contributed by atoms with Gasteiger partial charge >= 0.3 is 0 Å². The van der Waals surface area contributed by atoms with Crippen molar-refractivity contribution in [3.8, 4) is 0 Å². The average Bonchev–Trinajstić information content (AvgIpc) is 2.29. The number of nitrogens with two attached hydrogens (primary N) is 2. The van der Waals surface area contributed by atoms with Gasteiger partial charge in [-0.05, 0) is 18.4 Å². The number of nitrogens with zero attached hydrogens (tertiary/aromatic N) is 1. The van der Waals surface area contributed by atoms with Crippen LogP contribution >= 0.6 is 24.0 Å². The molecule has 0 fully saturated rings. The lowest BCUT2D eigenvalue weighted by Gasteiger charge is -2.03. The quantitative estimate of drug-likeness (QED) is 0.339. The summed E-state index contributed by atoms with van der Waals surface area (Å²) in [6.07, 6.45) is 1.80. The van der Waals surface area contributed by atoms with Gasteiger partial charge in [-0.3, -0.25) is 4.99 Å². The van der Waals surface area contributed by atoms with E-state index in [1.54, 1.807) is 0 Å². The van der Waals surface area contributed by atoms with Crippen LogP contribution in [0.1, 0.15) is 12.0 Å². The fourth-order valence-corrected chi connectivity index (χ4v) is 1.31. The minimum absolute atomic E-state index is 0. The van der Waals surface area contributed by atoms with E-state index in [9.17, 15) is 0 Å². The zero-order valence-corrected chi connectivity index (χ0v) is 12.2. The van der Waals surface area contributed by atoms with Crippen molar-refractivity contribution in [3.63, 3.8) is 0 Å². The van der Waals surface area contributed by atoms with Gasteiger partial charge in [0.15, 0.2) is 5.96 Å². The van der Waals surface area contributed by atoms with Crippen molar-refractivity contribution in [1.29, 1.82) is 0 Å². The Morgan fingerprint density at radius 2 is 1.82 bits per heavy atom. The highest BCUT2D eigenvalue weighted by molar-refractivity contribution is 14.0. The van der Waals surface area contributed by atoms with Gasteiger partial charge in [0.2, 0.25) is 0 Å². The summed E-state index contributed by atoms with van der Waals surface area (Å²) in [5.74, 6) is 0.143. The minimum atomic E-state index is 0. The summed E-state index contributed by atoms with van der Waals surface area (Å²) in [6, 6.07) is 10.3. The van der Waals surface area contributed by atoms with Crippen LogP contribution in [0.2, 0.25) is 0 Å². The molecule has 17 heavy (non-hydrogen) atoms. The van der Waals surface area contributed by atoms with E-state index in [-0.39, 0.29) is 29.9 Å². The maximum absolute atomic E-state index is 5.47. The number of hydrogen-bond donors (Lipinski definition) is 2. The molecule has 0 spiro atoms. The molecule has 0 aliphatic rings. The molecule has 0 saturated carbocycles. The van der Waals surface area contributed by atoms with Crippen LogP contribution in [0.4, 0.5) is 0 Å². The first kappa shape index (κ1) is 16.2. The van der Waals surface area contributed by atoms with Crippen molar-refractivity contribution in [2.24, 2.45) is 16.5 Å². The number of hydrogen-bond acceptors (Lipinski definition) is 2. The van der Waals surface area contributed by atoms with Crippen LogP contribution in [0.3, 0.4) is 0 Å². The monoisotopic (exact) mass is 349 g/mol. The van der Waals surface area contributed by atoms with Crippen LogP contribution in [0, 0.1) is 0 Å². The lowest BCUT2D eigenvalue weighted by Crippen LogP contribution is -2.23. The molecule has 0 unspecified atom stereocenters. The highest BCUT2D eigenvalue weighted by Crippen LogP contribution is 1.99. The van der Waals surface area contributed by atoms with Gasteiger partial charge in [0.1, 0.15) is 0 Å². The van der Waals surface area contributed by atoms with Crippen LogP contribution in [0.5, 0.6) is 0 Å². The maximum atomic E-state index is 5.47. The maximum Gasteiger partial charge on any atom is 0.185 e. The molecule has 0 saturated heterocycles. The lowest BCUT2D eigenvalue weighted by molar-refractivity contribution is 0.136. The van der Waals surface area contributed by atoms with Gasteiger partial charge < -0.3 is 16.2 Å².